The van der Waals surface area contributed by atoms with E-state index in [-0.39, 0.29) is 33.7 Å². The fourth-order valence-corrected chi connectivity index (χ4v) is 3.49. The van der Waals surface area contributed by atoms with Crippen LogP contribution in [0.2, 0.25) is 10.0 Å². The topological polar surface area (TPSA) is 94.6 Å². The Morgan fingerprint density at radius 1 is 1.14 bits per heavy atom. The van der Waals surface area contributed by atoms with E-state index in [1.54, 1.807) is 26.0 Å². The first kappa shape index (κ1) is 20.0. The van der Waals surface area contributed by atoms with Crippen LogP contribution in [0.4, 0.5) is 0 Å². The SMILES string of the molecule is Cc1cc(-n2c(C)cc(C(=O)COc3c(Cl)cc(C(=O)O)cc3Cl)c2C)no1. The van der Waals surface area contributed by atoms with E-state index in [4.69, 9.17) is 37.6 Å². The standard InChI is InChI=1S/C19H16Cl2N2O5/c1-9-4-13(11(3)23(9)17-5-10(2)28-22-17)16(24)8-27-18-14(20)6-12(19(25)26)7-15(18)21/h4-7H,8H2,1-3H3,(H,25,26). The minimum atomic E-state index is -1.16. The van der Waals surface area contributed by atoms with Gasteiger partial charge in [-0.05, 0) is 39.0 Å². The maximum absolute atomic E-state index is 12.7. The highest BCUT2D eigenvalue weighted by atomic mass is 35.5. The van der Waals surface area contributed by atoms with Gasteiger partial charge in [0.05, 0.1) is 15.6 Å². The number of rotatable bonds is 6. The molecular formula is C19H16Cl2N2O5. The number of ketones is 1. The van der Waals surface area contributed by atoms with Gasteiger partial charge in [0.2, 0.25) is 5.78 Å². The van der Waals surface area contributed by atoms with Crippen LogP contribution in [0.5, 0.6) is 5.75 Å². The van der Waals surface area contributed by atoms with E-state index in [0.29, 0.717) is 22.8 Å². The van der Waals surface area contributed by atoms with Crippen molar-refractivity contribution < 1.29 is 24.0 Å². The molecular weight excluding hydrogens is 407 g/mol. The molecule has 0 radical (unpaired) electrons. The summed E-state index contributed by atoms with van der Waals surface area (Å²) in [5.41, 5.74) is 1.90. The molecule has 0 aliphatic heterocycles. The Morgan fingerprint density at radius 3 is 2.32 bits per heavy atom. The Bertz CT molecular complexity index is 1060. The van der Waals surface area contributed by atoms with Crippen LogP contribution in [-0.2, 0) is 0 Å². The van der Waals surface area contributed by atoms with Crippen molar-refractivity contribution in [1.82, 2.24) is 9.72 Å². The van der Waals surface area contributed by atoms with Crippen molar-refractivity contribution in [3.05, 3.63) is 62.6 Å². The van der Waals surface area contributed by atoms with Gasteiger partial charge >= 0.3 is 5.97 Å². The van der Waals surface area contributed by atoms with E-state index in [9.17, 15) is 9.59 Å². The Morgan fingerprint density at radius 2 is 1.79 bits per heavy atom. The quantitative estimate of drug-likeness (QED) is 0.580. The molecule has 0 aliphatic rings. The van der Waals surface area contributed by atoms with E-state index in [2.05, 4.69) is 5.16 Å². The molecule has 9 heteroatoms. The molecule has 0 bridgehead atoms. The van der Waals surface area contributed by atoms with Crippen molar-refractivity contribution in [2.75, 3.05) is 6.61 Å². The number of hydrogen-bond donors (Lipinski definition) is 1. The number of carbonyl (C=O) groups is 2. The van der Waals surface area contributed by atoms with E-state index >= 15 is 0 Å². The minimum Gasteiger partial charge on any atom is -0.482 e. The number of aryl methyl sites for hydroxylation is 2. The highest BCUT2D eigenvalue weighted by Gasteiger charge is 2.20. The van der Waals surface area contributed by atoms with Crippen molar-refractivity contribution in [3.8, 4) is 11.6 Å². The van der Waals surface area contributed by atoms with E-state index < -0.39 is 5.97 Å². The first-order valence-electron chi connectivity index (χ1n) is 8.20. The van der Waals surface area contributed by atoms with Crippen LogP contribution in [-0.4, -0.2) is 33.2 Å². The first-order chi connectivity index (χ1) is 13.2. The molecule has 1 N–H and O–H groups in total. The Labute approximate surface area is 170 Å². The number of Topliss-reactive ketones (excluding diaryl/α,β-unsaturated/α-hetero) is 1. The number of hydrogen-bond acceptors (Lipinski definition) is 5. The summed E-state index contributed by atoms with van der Waals surface area (Å²) in [6.07, 6.45) is 0. The molecule has 0 unspecified atom stereocenters. The van der Waals surface area contributed by atoms with E-state index in [1.807, 2.05) is 11.5 Å². The zero-order chi connectivity index (χ0) is 20.6. The summed E-state index contributed by atoms with van der Waals surface area (Å²) < 4.78 is 12.4. The lowest BCUT2D eigenvalue weighted by Crippen LogP contribution is -2.13. The number of nitrogens with zero attached hydrogens (tertiary/aromatic N) is 2. The second-order valence-corrected chi connectivity index (χ2v) is 7.02. The smallest absolute Gasteiger partial charge is 0.335 e. The maximum Gasteiger partial charge on any atom is 0.335 e. The number of carbonyl (C=O) groups excluding carboxylic acids is 1. The molecule has 2 aromatic heterocycles. The Kier molecular flexibility index (Phi) is 5.49. The molecule has 28 heavy (non-hydrogen) atoms. The predicted octanol–water partition coefficient (Wildman–Crippen LogP) is 4.66. The van der Waals surface area contributed by atoms with Crippen LogP contribution in [0.3, 0.4) is 0 Å². The Hall–Kier alpha value is -2.77. The lowest BCUT2D eigenvalue weighted by molar-refractivity contribution is 0.0696. The molecule has 3 rings (SSSR count). The fraction of sp³-hybridized carbons (Fsp3) is 0.211. The van der Waals surface area contributed by atoms with Gasteiger partial charge in [-0.2, -0.15) is 0 Å². The van der Waals surface area contributed by atoms with Gasteiger partial charge in [-0.25, -0.2) is 4.79 Å². The summed E-state index contributed by atoms with van der Waals surface area (Å²) in [6, 6.07) is 5.94. The average molecular weight is 423 g/mol. The molecule has 0 aliphatic carbocycles. The molecule has 1 aromatic carbocycles. The molecule has 0 spiro atoms. The molecule has 0 atom stereocenters. The lowest BCUT2D eigenvalue weighted by Gasteiger charge is -2.10. The van der Waals surface area contributed by atoms with Crippen LogP contribution in [0.15, 0.2) is 28.8 Å². The predicted molar refractivity (Wildman–Crippen MR) is 103 cm³/mol. The third kappa shape index (κ3) is 3.76. The second kappa shape index (κ2) is 7.69. The molecule has 2 heterocycles. The van der Waals surface area contributed by atoms with Gasteiger partial charge in [-0.1, -0.05) is 28.4 Å². The minimum absolute atomic E-state index is 0.0150. The van der Waals surface area contributed by atoms with Crippen molar-refractivity contribution in [1.29, 1.82) is 0 Å². The summed E-state index contributed by atoms with van der Waals surface area (Å²) in [4.78, 5) is 23.7. The number of carboxylic acid groups (broad SMARTS) is 1. The molecule has 3 aromatic rings. The number of aromatic nitrogens is 2. The Balaban J connectivity index is 1.82. The molecule has 0 fully saturated rings. The first-order valence-corrected chi connectivity index (χ1v) is 8.95. The third-order valence-corrected chi connectivity index (χ3v) is 4.73. The highest BCUT2D eigenvalue weighted by molar-refractivity contribution is 6.37. The second-order valence-electron chi connectivity index (χ2n) is 6.20. The number of aromatic carboxylic acids is 1. The summed E-state index contributed by atoms with van der Waals surface area (Å²) in [5, 5.41) is 13.0. The monoisotopic (exact) mass is 422 g/mol. The fourth-order valence-electron chi connectivity index (χ4n) is 2.89. The van der Waals surface area contributed by atoms with Gasteiger partial charge in [0.25, 0.3) is 0 Å². The van der Waals surface area contributed by atoms with E-state index in [0.717, 1.165) is 5.69 Å². The van der Waals surface area contributed by atoms with Gasteiger partial charge in [-0.3, -0.25) is 9.36 Å². The largest absolute Gasteiger partial charge is 0.482 e. The van der Waals surface area contributed by atoms with Crippen LogP contribution in [0.25, 0.3) is 5.82 Å². The molecule has 0 amide bonds. The molecule has 0 saturated heterocycles. The number of ether oxygens (including phenoxy) is 1. The number of carboxylic acids is 1. The van der Waals surface area contributed by atoms with Gasteiger partial charge in [0.1, 0.15) is 5.76 Å². The van der Waals surface area contributed by atoms with Crippen LogP contribution in [0, 0.1) is 20.8 Å². The summed E-state index contributed by atoms with van der Waals surface area (Å²) in [6.45, 7) is 5.13. The average Bonchev–Trinajstić information content (AvgIpc) is 3.16. The van der Waals surface area contributed by atoms with Crippen molar-refractivity contribution in [3.63, 3.8) is 0 Å². The summed E-state index contributed by atoms with van der Waals surface area (Å²) in [5.74, 6) is -0.144. The van der Waals surface area contributed by atoms with Crippen LogP contribution < -0.4 is 4.74 Å². The highest BCUT2D eigenvalue weighted by Crippen LogP contribution is 2.34. The van der Waals surface area contributed by atoms with Crippen molar-refractivity contribution in [2.24, 2.45) is 0 Å². The lowest BCUT2D eigenvalue weighted by atomic mass is 10.1. The third-order valence-electron chi connectivity index (χ3n) is 4.17. The summed E-state index contributed by atoms with van der Waals surface area (Å²) in [7, 11) is 0. The number of benzene rings is 1. The molecule has 146 valence electrons. The van der Waals surface area contributed by atoms with Gasteiger partial charge in [0.15, 0.2) is 18.2 Å². The van der Waals surface area contributed by atoms with Crippen LogP contribution >= 0.6 is 23.2 Å². The van der Waals surface area contributed by atoms with Crippen LogP contribution in [0.1, 0.15) is 37.9 Å². The number of halogens is 2. The molecule has 0 saturated carbocycles. The molecule has 7 nitrogen and oxygen atoms in total. The van der Waals surface area contributed by atoms with Crippen molar-refractivity contribution in [2.45, 2.75) is 20.8 Å². The zero-order valence-electron chi connectivity index (χ0n) is 15.2. The van der Waals surface area contributed by atoms with Gasteiger partial charge in [-0.15, -0.1) is 0 Å². The van der Waals surface area contributed by atoms with E-state index in [1.165, 1.54) is 12.1 Å². The van der Waals surface area contributed by atoms with Crippen molar-refractivity contribution >= 4 is 35.0 Å². The van der Waals surface area contributed by atoms with Gasteiger partial charge < -0.3 is 14.4 Å². The van der Waals surface area contributed by atoms with Gasteiger partial charge in [0, 0.05) is 23.0 Å². The summed E-state index contributed by atoms with van der Waals surface area (Å²) >= 11 is 12.1. The zero-order valence-corrected chi connectivity index (χ0v) is 16.8. The maximum atomic E-state index is 12.7. The normalized spacial score (nSPS) is 10.9.